The lowest BCUT2D eigenvalue weighted by Gasteiger charge is -2.26. The van der Waals surface area contributed by atoms with E-state index in [9.17, 15) is 13.6 Å². The number of hydrogen-bond acceptors (Lipinski definition) is 2. The molecule has 15 heavy (non-hydrogen) atoms. The van der Waals surface area contributed by atoms with Crippen LogP contribution in [0.15, 0.2) is 0 Å². The Morgan fingerprint density at radius 2 is 1.93 bits per heavy atom. The molecule has 0 aliphatic carbocycles. The van der Waals surface area contributed by atoms with E-state index < -0.39 is 26.4 Å². The van der Waals surface area contributed by atoms with Gasteiger partial charge in [-0.2, -0.15) is 8.78 Å². The van der Waals surface area contributed by atoms with Gasteiger partial charge >= 0.3 is 11.9 Å². The molecule has 0 N–H and O–H groups in total. The fourth-order valence-corrected chi connectivity index (χ4v) is 2.27. The molecular weight excluding hydrogens is 333 g/mol. The first-order valence-corrected chi connectivity index (χ1v) is 9.62. The van der Waals surface area contributed by atoms with Crippen LogP contribution in [0.4, 0.5) is 8.78 Å². The van der Waals surface area contributed by atoms with E-state index in [0.29, 0.717) is 0 Å². The Balaban J connectivity index is 4.43. The number of esters is 1. The molecule has 0 radical (unpaired) electrons. The van der Waals surface area contributed by atoms with Gasteiger partial charge in [-0.25, -0.2) is 4.79 Å². The molecule has 1 atom stereocenters. The van der Waals surface area contributed by atoms with Gasteiger partial charge in [0, 0.05) is 9.97 Å². The molecule has 0 aromatic carbocycles. The minimum atomic E-state index is -3.35. The first-order valence-electron chi connectivity index (χ1n) is 4.80. The molecular formula is C9H17F2IO2Si. The molecule has 0 spiro atoms. The zero-order valence-electron chi connectivity index (χ0n) is 9.44. The number of carbonyl (C=O) groups is 1. The molecule has 0 bridgehead atoms. The van der Waals surface area contributed by atoms with Crippen LogP contribution in [0.3, 0.4) is 0 Å². The van der Waals surface area contributed by atoms with Crippen molar-refractivity contribution in [3.63, 3.8) is 0 Å². The molecule has 0 amide bonds. The average Bonchev–Trinajstić information content (AvgIpc) is 2.02. The van der Waals surface area contributed by atoms with E-state index in [1.807, 2.05) is 42.2 Å². The Morgan fingerprint density at radius 1 is 1.47 bits per heavy atom. The molecule has 0 aliphatic rings. The van der Waals surface area contributed by atoms with E-state index in [-0.39, 0.29) is 10.2 Å². The van der Waals surface area contributed by atoms with Gasteiger partial charge in [0.2, 0.25) is 0 Å². The second-order valence-corrected chi connectivity index (χ2v) is 12.6. The highest BCUT2D eigenvalue weighted by Gasteiger charge is 2.44. The second-order valence-electron chi connectivity index (χ2n) is 4.46. The molecule has 0 rings (SSSR count). The lowest BCUT2D eigenvalue weighted by atomic mass is 10.2. The summed E-state index contributed by atoms with van der Waals surface area (Å²) in [6.07, 6.45) is -0.415. The predicted octanol–water partition coefficient (Wildman–Crippen LogP) is 3.26. The van der Waals surface area contributed by atoms with Crippen LogP contribution in [0, 0.1) is 0 Å². The topological polar surface area (TPSA) is 26.3 Å². The van der Waals surface area contributed by atoms with Crippen LogP contribution in [0.25, 0.3) is 0 Å². The molecule has 90 valence electrons. The van der Waals surface area contributed by atoms with Gasteiger partial charge in [0.25, 0.3) is 0 Å². The van der Waals surface area contributed by atoms with Gasteiger partial charge in [0.15, 0.2) is 0 Å². The molecule has 0 fully saturated rings. The van der Waals surface area contributed by atoms with E-state index in [1.54, 1.807) is 0 Å². The second kappa shape index (κ2) is 5.56. The van der Waals surface area contributed by atoms with Gasteiger partial charge in [-0.05, 0) is 6.92 Å². The highest BCUT2D eigenvalue weighted by Crippen LogP contribution is 2.30. The Hall–Kier alpha value is 0.277. The molecule has 0 heterocycles. The van der Waals surface area contributed by atoms with Crippen molar-refractivity contribution in [2.75, 3.05) is 6.61 Å². The number of rotatable bonds is 5. The number of alkyl halides is 3. The molecule has 0 saturated heterocycles. The van der Waals surface area contributed by atoms with Crippen molar-refractivity contribution in [3.05, 3.63) is 0 Å². The lowest BCUT2D eigenvalue weighted by Crippen LogP contribution is -2.41. The molecule has 2 nitrogen and oxygen atoms in total. The lowest BCUT2D eigenvalue weighted by molar-refractivity contribution is -0.171. The monoisotopic (exact) mass is 350 g/mol. The number of ether oxygens (including phenoxy) is 1. The van der Waals surface area contributed by atoms with Crippen LogP contribution in [0.5, 0.6) is 0 Å². The van der Waals surface area contributed by atoms with Crippen molar-refractivity contribution in [2.45, 2.75) is 42.5 Å². The van der Waals surface area contributed by atoms with Crippen LogP contribution in [-0.4, -0.2) is 30.1 Å². The quantitative estimate of drug-likeness (QED) is 0.329. The maximum Gasteiger partial charge on any atom is 0.376 e. The summed E-state index contributed by atoms with van der Waals surface area (Å²) in [5.41, 5.74) is 0. The summed E-state index contributed by atoms with van der Waals surface area (Å²) in [6.45, 7) is 7.53. The van der Waals surface area contributed by atoms with Crippen molar-refractivity contribution in [2.24, 2.45) is 0 Å². The summed E-state index contributed by atoms with van der Waals surface area (Å²) in [6, 6.07) is 0. The van der Waals surface area contributed by atoms with Crippen LogP contribution >= 0.6 is 22.6 Å². The average molecular weight is 350 g/mol. The van der Waals surface area contributed by atoms with Crippen molar-refractivity contribution in [1.82, 2.24) is 0 Å². The number of carbonyl (C=O) groups excluding carboxylic acids is 1. The van der Waals surface area contributed by atoms with Crippen LogP contribution < -0.4 is 0 Å². The molecule has 0 unspecified atom stereocenters. The third-order valence-corrected chi connectivity index (χ3v) is 10.1. The van der Waals surface area contributed by atoms with E-state index in [1.165, 1.54) is 6.92 Å². The fraction of sp³-hybridized carbons (Fsp3) is 0.889. The molecule has 0 aliphatic heterocycles. The summed E-state index contributed by atoms with van der Waals surface area (Å²) in [5, 5.41) is 0. The summed E-state index contributed by atoms with van der Waals surface area (Å²) < 4.78 is 30.9. The largest absolute Gasteiger partial charge is 0.462 e. The SMILES string of the molecule is CCOC(=O)C(F)(F)C[C@@H](I)[Si](C)(C)C. The maximum absolute atomic E-state index is 13.3. The van der Waals surface area contributed by atoms with Crippen LogP contribution in [0.1, 0.15) is 13.3 Å². The number of halogens is 3. The van der Waals surface area contributed by atoms with Crippen molar-refractivity contribution in [3.8, 4) is 0 Å². The Kier molecular flexibility index (Phi) is 5.66. The maximum atomic E-state index is 13.3. The minimum absolute atomic E-state index is 0.00666. The van der Waals surface area contributed by atoms with E-state index >= 15 is 0 Å². The first kappa shape index (κ1) is 15.3. The summed E-state index contributed by atoms with van der Waals surface area (Å²) >= 11 is 2.01. The highest BCUT2D eigenvalue weighted by molar-refractivity contribution is 14.1. The highest BCUT2D eigenvalue weighted by atomic mass is 127. The van der Waals surface area contributed by atoms with E-state index in [0.717, 1.165) is 0 Å². The molecule has 0 aromatic heterocycles. The third-order valence-electron chi connectivity index (χ3n) is 1.95. The molecule has 6 heteroatoms. The Morgan fingerprint density at radius 3 is 2.27 bits per heavy atom. The molecule has 0 aromatic rings. The fourth-order valence-electron chi connectivity index (χ4n) is 0.851. The standard InChI is InChI=1S/C9H17F2IO2Si/c1-5-14-8(13)9(10,11)6-7(12)15(2,3)4/h7H,5-6H2,1-4H3/t7-/m0/s1. The van der Waals surface area contributed by atoms with Gasteiger partial charge in [0.05, 0.1) is 14.7 Å². The Labute approximate surface area is 104 Å². The van der Waals surface area contributed by atoms with Gasteiger partial charge in [0.1, 0.15) is 0 Å². The summed E-state index contributed by atoms with van der Waals surface area (Å²) in [7, 11) is -1.64. The molecule has 0 saturated carbocycles. The summed E-state index contributed by atoms with van der Waals surface area (Å²) in [5.74, 6) is -4.74. The van der Waals surface area contributed by atoms with Gasteiger partial charge in [-0.15, -0.1) is 0 Å². The van der Waals surface area contributed by atoms with Gasteiger partial charge in [-0.1, -0.05) is 42.2 Å². The van der Waals surface area contributed by atoms with Crippen molar-refractivity contribution >= 4 is 36.6 Å². The van der Waals surface area contributed by atoms with Gasteiger partial charge in [-0.3, -0.25) is 0 Å². The zero-order chi connectivity index (χ0) is 12.3. The van der Waals surface area contributed by atoms with Crippen LogP contribution in [-0.2, 0) is 9.53 Å². The van der Waals surface area contributed by atoms with Crippen molar-refractivity contribution in [1.29, 1.82) is 0 Å². The first-order chi connectivity index (χ1) is 6.61. The van der Waals surface area contributed by atoms with Gasteiger partial charge < -0.3 is 4.74 Å². The smallest absolute Gasteiger partial charge is 0.376 e. The third kappa shape index (κ3) is 5.23. The number of hydrogen-bond donors (Lipinski definition) is 0. The predicted molar refractivity (Wildman–Crippen MR) is 67.4 cm³/mol. The zero-order valence-corrected chi connectivity index (χ0v) is 12.6. The van der Waals surface area contributed by atoms with Crippen molar-refractivity contribution < 1.29 is 18.3 Å². The summed E-state index contributed by atoms with van der Waals surface area (Å²) in [4.78, 5) is 11.0. The van der Waals surface area contributed by atoms with Crippen LogP contribution in [0.2, 0.25) is 19.6 Å². The Bertz CT molecular complexity index is 229. The van der Waals surface area contributed by atoms with E-state index in [2.05, 4.69) is 4.74 Å². The normalized spacial score (nSPS) is 14.9. The minimum Gasteiger partial charge on any atom is -0.462 e. The van der Waals surface area contributed by atoms with E-state index in [4.69, 9.17) is 0 Å².